The molecule has 2 aromatic rings. The van der Waals surface area contributed by atoms with Gasteiger partial charge in [-0.25, -0.2) is 0 Å². The zero-order valence-corrected chi connectivity index (χ0v) is 11.9. The maximum atomic E-state index is 5.47. The van der Waals surface area contributed by atoms with E-state index < -0.39 is 0 Å². The van der Waals surface area contributed by atoms with Gasteiger partial charge in [0.05, 0.1) is 18.8 Å². The fraction of sp³-hybridized carbons (Fsp3) is 0.312. The van der Waals surface area contributed by atoms with Gasteiger partial charge in [0.1, 0.15) is 5.75 Å². The summed E-state index contributed by atoms with van der Waals surface area (Å²) in [5.74, 6) is 0.883. The molecule has 1 atom stereocenters. The van der Waals surface area contributed by atoms with Crippen LogP contribution in [-0.4, -0.2) is 19.1 Å². The van der Waals surface area contributed by atoms with E-state index in [2.05, 4.69) is 42.3 Å². The SMILES string of the molecule is CNC(c1cc(C)ccn1)c1cc(C)ccc1OC. The summed E-state index contributed by atoms with van der Waals surface area (Å²) < 4.78 is 5.47. The van der Waals surface area contributed by atoms with Crippen molar-refractivity contribution in [2.24, 2.45) is 0 Å². The van der Waals surface area contributed by atoms with Crippen molar-refractivity contribution >= 4 is 0 Å². The van der Waals surface area contributed by atoms with Crippen LogP contribution in [0.15, 0.2) is 36.5 Å². The van der Waals surface area contributed by atoms with Crippen molar-refractivity contribution < 1.29 is 4.74 Å². The molecule has 0 aliphatic rings. The zero-order chi connectivity index (χ0) is 13.8. The summed E-state index contributed by atoms with van der Waals surface area (Å²) in [6.07, 6.45) is 1.84. The highest BCUT2D eigenvalue weighted by atomic mass is 16.5. The lowest BCUT2D eigenvalue weighted by Gasteiger charge is -2.20. The number of aromatic nitrogens is 1. The third kappa shape index (κ3) is 2.93. The van der Waals surface area contributed by atoms with Crippen LogP contribution in [0.3, 0.4) is 0 Å². The smallest absolute Gasteiger partial charge is 0.124 e. The normalized spacial score (nSPS) is 12.2. The Morgan fingerprint density at radius 3 is 2.47 bits per heavy atom. The maximum absolute atomic E-state index is 5.47. The van der Waals surface area contributed by atoms with E-state index in [1.807, 2.05) is 25.4 Å². The lowest BCUT2D eigenvalue weighted by molar-refractivity contribution is 0.405. The second kappa shape index (κ2) is 5.85. The van der Waals surface area contributed by atoms with Gasteiger partial charge in [-0.3, -0.25) is 4.98 Å². The first-order chi connectivity index (χ1) is 9.15. The Morgan fingerprint density at radius 2 is 1.84 bits per heavy atom. The van der Waals surface area contributed by atoms with Gasteiger partial charge in [-0.05, 0) is 44.7 Å². The van der Waals surface area contributed by atoms with Gasteiger partial charge in [0, 0.05) is 11.8 Å². The third-order valence-electron chi connectivity index (χ3n) is 3.22. The molecule has 0 aliphatic carbocycles. The summed E-state index contributed by atoms with van der Waals surface area (Å²) in [4.78, 5) is 4.47. The molecule has 3 nitrogen and oxygen atoms in total. The van der Waals surface area contributed by atoms with Crippen LogP contribution in [0.4, 0.5) is 0 Å². The molecule has 0 aliphatic heterocycles. The van der Waals surface area contributed by atoms with Crippen LogP contribution < -0.4 is 10.1 Å². The van der Waals surface area contributed by atoms with Gasteiger partial charge in [0.15, 0.2) is 0 Å². The standard InChI is InChI=1S/C16H20N2O/c1-11-5-6-15(19-4)13(9-11)16(17-3)14-10-12(2)7-8-18-14/h5-10,16-17H,1-4H3. The predicted octanol–water partition coefficient (Wildman–Crippen LogP) is 3.02. The average Bonchev–Trinajstić information content (AvgIpc) is 2.40. The minimum absolute atomic E-state index is 0.0368. The Hall–Kier alpha value is -1.87. The van der Waals surface area contributed by atoms with Crippen LogP contribution in [0.5, 0.6) is 5.75 Å². The van der Waals surface area contributed by atoms with Gasteiger partial charge in [0.25, 0.3) is 0 Å². The molecule has 0 bridgehead atoms. The number of ether oxygens (including phenoxy) is 1. The van der Waals surface area contributed by atoms with Crippen molar-refractivity contribution in [3.8, 4) is 5.75 Å². The Morgan fingerprint density at radius 1 is 1.11 bits per heavy atom. The summed E-state index contributed by atoms with van der Waals surface area (Å²) in [6.45, 7) is 4.16. The number of hydrogen-bond acceptors (Lipinski definition) is 3. The molecule has 100 valence electrons. The first kappa shape index (κ1) is 13.6. The molecule has 3 heteroatoms. The van der Waals surface area contributed by atoms with Crippen molar-refractivity contribution in [1.82, 2.24) is 10.3 Å². The van der Waals surface area contributed by atoms with Crippen LogP contribution in [-0.2, 0) is 0 Å². The van der Waals surface area contributed by atoms with E-state index in [4.69, 9.17) is 4.74 Å². The van der Waals surface area contributed by atoms with E-state index in [-0.39, 0.29) is 6.04 Å². The number of rotatable bonds is 4. The fourth-order valence-electron chi connectivity index (χ4n) is 2.26. The number of aryl methyl sites for hydroxylation is 2. The maximum Gasteiger partial charge on any atom is 0.124 e. The molecule has 19 heavy (non-hydrogen) atoms. The summed E-state index contributed by atoms with van der Waals surface area (Å²) in [6, 6.07) is 10.3. The zero-order valence-electron chi connectivity index (χ0n) is 11.9. The monoisotopic (exact) mass is 256 g/mol. The molecule has 0 amide bonds. The van der Waals surface area contributed by atoms with E-state index in [1.165, 1.54) is 11.1 Å². The molecule has 1 N–H and O–H groups in total. The Balaban J connectivity index is 2.50. The Bertz CT molecular complexity index is 566. The highest BCUT2D eigenvalue weighted by Crippen LogP contribution is 2.30. The first-order valence-corrected chi connectivity index (χ1v) is 6.40. The second-order valence-corrected chi connectivity index (χ2v) is 4.73. The van der Waals surface area contributed by atoms with Crippen molar-refractivity contribution in [1.29, 1.82) is 0 Å². The average molecular weight is 256 g/mol. The molecule has 0 radical (unpaired) electrons. The number of nitrogens with zero attached hydrogens (tertiary/aromatic N) is 1. The topological polar surface area (TPSA) is 34.2 Å². The molecule has 1 unspecified atom stereocenters. The highest BCUT2D eigenvalue weighted by molar-refractivity contribution is 5.42. The number of benzene rings is 1. The summed E-state index contributed by atoms with van der Waals surface area (Å²) >= 11 is 0. The minimum Gasteiger partial charge on any atom is -0.496 e. The van der Waals surface area contributed by atoms with Crippen LogP contribution in [0.25, 0.3) is 0 Å². The largest absolute Gasteiger partial charge is 0.496 e. The molecular formula is C16H20N2O. The van der Waals surface area contributed by atoms with Crippen molar-refractivity contribution in [3.63, 3.8) is 0 Å². The van der Waals surface area contributed by atoms with Crippen molar-refractivity contribution in [2.45, 2.75) is 19.9 Å². The summed E-state index contributed by atoms with van der Waals surface area (Å²) in [5.41, 5.74) is 4.54. The van der Waals surface area contributed by atoms with E-state index in [0.29, 0.717) is 0 Å². The number of pyridine rings is 1. The fourth-order valence-corrected chi connectivity index (χ4v) is 2.26. The lowest BCUT2D eigenvalue weighted by atomic mass is 9.99. The summed E-state index contributed by atoms with van der Waals surface area (Å²) in [7, 11) is 3.64. The van der Waals surface area contributed by atoms with Gasteiger partial charge in [-0.15, -0.1) is 0 Å². The number of nitrogens with one attached hydrogen (secondary N) is 1. The van der Waals surface area contributed by atoms with Crippen molar-refractivity contribution in [2.75, 3.05) is 14.2 Å². The van der Waals surface area contributed by atoms with Crippen LogP contribution >= 0.6 is 0 Å². The van der Waals surface area contributed by atoms with E-state index in [9.17, 15) is 0 Å². The highest BCUT2D eigenvalue weighted by Gasteiger charge is 2.18. The predicted molar refractivity (Wildman–Crippen MR) is 77.6 cm³/mol. The van der Waals surface area contributed by atoms with Crippen LogP contribution in [0.1, 0.15) is 28.4 Å². The van der Waals surface area contributed by atoms with Crippen molar-refractivity contribution in [3.05, 3.63) is 58.9 Å². The Labute approximate surface area is 114 Å². The summed E-state index contributed by atoms with van der Waals surface area (Å²) in [5, 5.41) is 3.32. The van der Waals surface area contributed by atoms with E-state index in [0.717, 1.165) is 17.0 Å². The number of hydrogen-bond donors (Lipinski definition) is 1. The van der Waals surface area contributed by atoms with Gasteiger partial charge in [-0.2, -0.15) is 0 Å². The molecule has 2 rings (SSSR count). The second-order valence-electron chi connectivity index (χ2n) is 4.73. The van der Waals surface area contributed by atoms with E-state index in [1.54, 1.807) is 7.11 Å². The van der Waals surface area contributed by atoms with Crippen LogP contribution in [0.2, 0.25) is 0 Å². The lowest BCUT2D eigenvalue weighted by Crippen LogP contribution is -2.19. The molecule has 1 aromatic heterocycles. The van der Waals surface area contributed by atoms with Gasteiger partial charge in [-0.1, -0.05) is 17.7 Å². The minimum atomic E-state index is 0.0368. The quantitative estimate of drug-likeness (QED) is 0.913. The van der Waals surface area contributed by atoms with Crippen LogP contribution in [0, 0.1) is 13.8 Å². The van der Waals surface area contributed by atoms with Gasteiger partial charge >= 0.3 is 0 Å². The van der Waals surface area contributed by atoms with E-state index >= 15 is 0 Å². The first-order valence-electron chi connectivity index (χ1n) is 6.40. The molecule has 0 fully saturated rings. The Kier molecular flexibility index (Phi) is 4.17. The molecule has 0 saturated heterocycles. The molecule has 0 saturated carbocycles. The number of methoxy groups -OCH3 is 1. The van der Waals surface area contributed by atoms with Gasteiger partial charge < -0.3 is 10.1 Å². The molecule has 1 aromatic carbocycles. The molecule has 0 spiro atoms. The third-order valence-corrected chi connectivity index (χ3v) is 3.22. The van der Waals surface area contributed by atoms with Gasteiger partial charge in [0.2, 0.25) is 0 Å². The molecular weight excluding hydrogens is 236 g/mol. The molecule has 1 heterocycles.